The smallest absolute Gasteiger partial charge is 0.222 e. The van der Waals surface area contributed by atoms with E-state index in [-0.39, 0.29) is 99.1 Å². The molecule has 2 amide bonds. The quantitative estimate of drug-likeness (QED) is 0.0631. The number of carbonyl (C=O) groups excluding carboxylic acids is 2. The third-order valence-electron chi connectivity index (χ3n) is 23.2. The van der Waals surface area contributed by atoms with Crippen LogP contribution in [0.4, 0.5) is 0 Å². The lowest BCUT2D eigenvalue weighted by atomic mass is 9.43. The number of aliphatic hydroxyl groups excluding tert-OH is 6. The number of quaternary nitrogens is 1. The van der Waals surface area contributed by atoms with Crippen molar-refractivity contribution in [2.24, 2.45) is 92.7 Å². The molecular formula is C57H100N3O8+. The molecule has 0 spiro atoms. The van der Waals surface area contributed by atoms with Gasteiger partial charge in [-0.25, -0.2) is 0 Å². The van der Waals surface area contributed by atoms with Crippen LogP contribution in [0.5, 0.6) is 0 Å². The summed E-state index contributed by atoms with van der Waals surface area (Å²) in [4.78, 5) is 29.5. The molecule has 8 fully saturated rings. The molecule has 0 saturated heterocycles. The Morgan fingerprint density at radius 1 is 0.603 bits per heavy atom. The minimum Gasteiger partial charge on any atom is -0.393 e. The van der Waals surface area contributed by atoms with E-state index in [9.17, 15) is 40.2 Å². The fraction of sp³-hybridized carbons (Fsp3) is 0.965. The summed E-state index contributed by atoms with van der Waals surface area (Å²) < 4.78 is 0.837. The standard InChI is InChI=1S/C57H99N3O8/c1-34(40-14-16-42-52-44(32-48(65)56(40,42)5)54(3)22-20-38(61)28-36(54)30-46(52)63)12-18-50(67)58-24-10-25-59(26-11-27-60(7,8)9)51(68)19-13-35(2)41-15-17-43-53-45(33-49(66)57(41,43)6)55(4)23-21-39(62)29-37(55)31-47(53)64/h34-49,52-53,61-66H,10-33H2,1-9H3/p+1/t34?,35?,36-,37-,38+,39+,40-,41-,42+,43+,44+,45+,46+,47+,48-,49-,52+,53+,54+,55+,56-,57-/m1/s1. The molecule has 0 aromatic rings. The monoisotopic (exact) mass is 955 g/mol. The van der Waals surface area contributed by atoms with E-state index >= 15 is 0 Å². The second kappa shape index (κ2) is 20.2. The van der Waals surface area contributed by atoms with Gasteiger partial charge in [-0.05, 0) is 202 Å². The Kier molecular flexibility index (Phi) is 15.7. The molecule has 8 saturated carbocycles. The van der Waals surface area contributed by atoms with E-state index in [1.54, 1.807) is 0 Å². The molecule has 0 bridgehead atoms. The predicted molar refractivity (Wildman–Crippen MR) is 267 cm³/mol. The first kappa shape index (κ1) is 53.0. The van der Waals surface area contributed by atoms with Crippen LogP contribution in [0, 0.1) is 92.7 Å². The highest BCUT2D eigenvalue weighted by atomic mass is 16.3. The van der Waals surface area contributed by atoms with Gasteiger partial charge in [-0.3, -0.25) is 9.59 Å². The van der Waals surface area contributed by atoms with Crippen LogP contribution in [-0.4, -0.2) is 136 Å². The summed E-state index contributed by atoms with van der Waals surface area (Å²) in [5, 5.41) is 71.8. The maximum atomic E-state index is 14.1. The van der Waals surface area contributed by atoms with Crippen LogP contribution in [-0.2, 0) is 9.59 Å². The topological polar surface area (TPSA) is 171 Å². The Balaban J connectivity index is 0.813. The second-order valence-corrected chi connectivity index (χ2v) is 27.5. The number of nitrogens with zero attached hydrogens (tertiary/aromatic N) is 2. The minimum absolute atomic E-state index is 0.0467. The molecule has 0 aromatic carbocycles. The van der Waals surface area contributed by atoms with Gasteiger partial charge in [0.2, 0.25) is 11.8 Å². The van der Waals surface area contributed by atoms with E-state index in [2.05, 4.69) is 68.0 Å². The number of rotatable bonds is 16. The third kappa shape index (κ3) is 9.66. The number of fused-ring (bicyclic) bond motifs is 10. The van der Waals surface area contributed by atoms with Gasteiger partial charge in [-0.1, -0.05) is 41.5 Å². The van der Waals surface area contributed by atoms with Gasteiger partial charge in [-0.2, -0.15) is 0 Å². The van der Waals surface area contributed by atoms with Gasteiger partial charge in [-0.15, -0.1) is 0 Å². The molecule has 0 radical (unpaired) electrons. The molecule has 390 valence electrons. The molecule has 7 N–H and O–H groups in total. The lowest BCUT2D eigenvalue weighted by Crippen LogP contribution is -2.62. The molecule has 0 heterocycles. The first-order valence-corrected chi connectivity index (χ1v) is 28.4. The van der Waals surface area contributed by atoms with Crippen molar-refractivity contribution in [1.29, 1.82) is 0 Å². The molecule has 11 nitrogen and oxygen atoms in total. The fourth-order valence-electron chi connectivity index (χ4n) is 19.2. The zero-order chi connectivity index (χ0) is 49.3. The van der Waals surface area contributed by atoms with Crippen molar-refractivity contribution in [2.45, 2.75) is 207 Å². The van der Waals surface area contributed by atoms with Crippen LogP contribution in [0.25, 0.3) is 0 Å². The Morgan fingerprint density at radius 3 is 1.53 bits per heavy atom. The van der Waals surface area contributed by atoms with Crippen molar-refractivity contribution < 1.29 is 44.7 Å². The first-order valence-electron chi connectivity index (χ1n) is 28.4. The van der Waals surface area contributed by atoms with Crippen LogP contribution in [0.15, 0.2) is 0 Å². The van der Waals surface area contributed by atoms with Gasteiger partial charge < -0.3 is 45.3 Å². The largest absolute Gasteiger partial charge is 0.393 e. The summed E-state index contributed by atoms with van der Waals surface area (Å²) in [6.07, 6.45) is 14.0. The van der Waals surface area contributed by atoms with E-state index in [4.69, 9.17) is 0 Å². The van der Waals surface area contributed by atoms with Crippen LogP contribution in [0.2, 0.25) is 0 Å². The number of carbonyl (C=O) groups is 2. The van der Waals surface area contributed by atoms with Crippen LogP contribution >= 0.6 is 0 Å². The Bertz CT molecular complexity index is 1760. The summed E-state index contributed by atoms with van der Waals surface area (Å²) in [5.41, 5.74) is -0.467. The van der Waals surface area contributed by atoms with Crippen LogP contribution in [0.3, 0.4) is 0 Å². The molecule has 22 atom stereocenters. The van der Waals surface area contributed by atoms with E-state index in [0.717, 1.165) is 120 Å². The normalized spacial score (nSPS) is 47.3. The van der Waals surface area contributed by atoms with E-state index in [1.807, 2.05) is 4.90 Å². The average molecular weight is 955 g/mol. The minimum atomic E-state index is -0.437. The van der Waals surface area contributed by atoms with Gasteiger partial charge in [0.1, 0.15) is 0 Å². The highest BCUT2D eigenvalue weighted by molar-refractivity contribution is 5.76. The maximum Gasteiger partial charge on any atom is 0.222 e. The molecular weight excluding hydrogens is 855 g/mol. The van der Waals surface area contributed by atoms with E-state index in [1.165, 1.54) is 0 Å². The molecule has 11 heteroatoms. The van der Waals surface area contributed by atoms with Gasteiger partial charge in [0.15, 0.2) is 0 Å². The molecule has 68 heavy (non-hydrogen) atoms. The van der Waals surface area contributed by atoms with E-state index in [0.29, 0.717) is 62.6 Å². The lowest BCUT2D eigenvalue weighted by Gasteiger charge is -2.63. The van der Waals surface area contributed by atoms with Crippen LogP contribution < -0.4 is 5.32 Å². The zero-order valence-corrected chi connectivity index (χ0v) is 44.3. The predicted octanol–water partition coefficient (Wildman–Crippen LogP) is 7.17. The highest BCUT2D eigenvalue weighted by Crippen LogP contribution is 2.70. The molecule has 8 rings (SSSR count). The van der Waals surface area contributed by atoms with E-state index < -0.39 is 18.3 Å². The highest BCUT2D eigenvalue weighted by Gasteiger charge is 2.67. The molecule has 8 aliphatic rings. The molecule has 0 aromatic heterocycles. The number of hydrogen-bond donors (Lipinski definition) is 7. The molecule has 8 aliphatic carbocycles. The second-order valence-electron chi connectivity index (χ2n) is 27.5. The summed E-state index contributed by atoms with van der Waals surface area (Å²) in [6, 6.07) is 0. The molecule has 2 unspecified atom stereocenters. The van der Waals surface area contributed by atoms with Gasteiger partial charge in [0.25, 0.3) is 0 Å². The van der Waals surface area contributed by atoms with Crippen molar-refractivity contribution in [2.75, 3.05) is 47.3 Å². The Morgan fingerprint density at radius 2 is 1.06 bits per heavy atom. The summed E-state index contributed by atoms with van der Waals surface area (Å²) in [6.45, 7) is 16.7. The van der Waals surface area contributed by atoms with Gasteiger partial charge in [0.05, 0.1) is 64.3 Å². The lowest BCUT2D eigenvalue weighted by molar-refractivity contribution is -0.870. The molecule has 0 aliphatic heterocycles. The Labute approximate surface area is 411 Å². The Hall–Kier alpha value is -1.34. The fourth-order valence-corrected chi connectivity index (χ4v) is 19.2. The number of aliphatic hydroxyl groups is 6. The summed E-state index contributed by atoms with van der Waals surface area (Å²) in [5.74, 6) is 3.40. The summed E-state index contributed by atoms with van der Waals surface area (Å²) >= 11 is 0. The van der Waals surface area contributed by atoms with Crippen molar-refractivity contribution in [3.05, 3.63) is 0 Å². The van der Waals surface area contributed by atoms with Crippen molar-refractivity contribution in [1.82, 2.24) is 10.2 Å². The average Bonchev–Trinajstić information content (AvgIpc) is 3.82. The summed E-state index contributed by atoms with van der Waals surface area (Å²) in [7, 11) is 6.55. The SMILES string of the molecule is CC(CCC(=O)NCCCN(CCC[N+](C)(C)C)C(=O)CCC(C)[C@H]1CC[C@H]2[C@@H]3[C@@H](O)C[C@H]4C[C@@H](O)CC[C@]4(C)[C@H]3C[C@@H](O)[C@]12C)[C@H]1CC[C@H]2[C@@H]3[C@@H](O)C[C@H]4C[C@@H](O)CC[C@]4(C)[C@H]3C[C@@H](O)[C@]12C. The number of amides is 2. The third-order valence-corrected chi connectivity index (χ3v) is 23.2. The first-order chi connectivity index (χ1) is 31.9. The number of nitrogens with one attached hydrogen (secondary N) is 1. The number of hydrogen-bond acceptors (Lipinski definition) is 8. The zero-order valence-electron chi connectivity index (χ0n) is 44.3. The van der Waals surface area contributed by atoms with Crippen molar-refractivity contribution >= 4 is 11.8 Å². The van der Waals surface area contributed by atoms with Crippen molar-refractivity contribution in [3.8, 4) is 0 Å². The van der Waals surface area contributed by atoms with Gasteiger partial charge in [0, 0.05) is 38.9 Å². The van der Waals surface area contributed by atoms with Crippen LogP contribution in [0.1, 0.15) is 170 Å². The van der Waals surface area contributed by atoms with Gasteiger partial charge >= 0.3 is 0 Å². The maximum absolute atomic E-state index is 14.1. The van der Waals surface area contributed by atoms with Crippen molar-refractivity contribution in [3.63, 3.8) is 0 Å².